The van der Waals surface area contributed by atoms with E-state index in [1.807, 2.05) is 31.2 Å². The van der Waals surface area contributed by atoms with Gasteiger partial charge in [0.15, 0.2) is 5.65 Å². The largest absolute Gasteiger partial charge is 0.261 e. The molecule has 6 heteroatoms. The second kappa shape index (κ2) is 4.49. The van der Waals surface area contributed by atoms with E-state index >= 15 is 0 Å². The zero-order valence-corrected chi connectivity index (χ0v) is 11.9. The minimum atomic E-state index is 0.198. The summed E-state index contributed by atoms with van der Waals surface area (Å²) in [7, 11) is 0. The molecule has 0 saturated heterocycles. The van der Waals surface area contributed by atoms with E-state index in [1.54, 1.807) is 6.20 Å². The Kier molecular flexibility index (Phi) is 2.62. The molecule has 0 amide bonds. The van der Waals surface area contributed by atoms with Crippen molar-refractivity contribution in [1.82, 2.24) is 25.1 Å². The highest BCUT2D eigenvalue weighted by Gasteiger charge is 2.11. The minimum Gasteiger partial charge on any atom is -0.261 e. The standard InChI is InChI=1S/C15H10ClN5/c1-8-2-3-9-6-10(4-5-12(9)18-8)13-11-7-17-21-14(11)20-15(16)19-13/h2-7H,1H3,(H,17,19,20,21). The first-order chi connectivity index (χ1) is 10.2. The Morgan fingerprint density at radius 2 is 1.95 bits per heavy atom. The highest BCUT2D eigenvalue weighted by molar-refractivity contribution is 6.28. The molecule has 4 aromatic rings. The van der Waals surface area contributed by atoms with Crippen LogP contribution in [0.3, 0.4) is 0 Å². The van der Waals surface area contributed by atoms with Crippen LogP contribution in [-0.4, -0.2) is 25.1 Å². The zero-order chi connectivity index (χ0) is 14.4. The molecule has 1 N–H and O–H groups in total. The maximum absolute atomic E-state index is 5.99. The lowest BCUT2D eigenvalue weighted by atomic mass is 10.1. The summed E-state index contributed by atoms with van der Waals surface area (Å²) >= 11 is 5.99. The smallest absolute Gasteiger partial charge is 0.224 e. The molecule has 0 aliphatic rings. The Hall–Kier alpha value is -2.53. The number of H-pyrrole nitrogens is 1. The van der Waals surface area contributed by atoms with Gasteiger partial charge in [-0.15, -0.1) is 0 Å². The van der Waals surface area contributed by atoms with E-state index in [1.165, 1.54) is 0 Å². The monoisotopic (exact) mass is 295 g/mol. The number of pyridine rings is 1. The van der Waals surface area contributed by atoms with Gasteiger partial charge in [0.25, 0.3) is 0 Å². The predicted octanol–water partition coefficient (Wildman–Crippen LogP) is 3.53. The summed E-state index contributed by atoms with van der Waals surface area (Å²) in [6.45, 7) is 1.98. The molecular formula is C15H10ClN5. The second-order valence-electron chi connectivity index (χ2n) is 4.83. The number of nitrogens with zero attached hydrogens (tertiary/aromatic N) is 4. The average molecular weight is 296 g/mol. The summed E-state index contributed by atoms with van der Waals surface area (Å²) in [6, 6.07) is 10.1. The summed E-state index contributed by atoms with van der Waals surface area (Å²) in [5.41, 5.74) is 4.32. The van der Waals surface area contributed by atoms with Crippen molar-refractivity contribution in [1.29, 1.82) is 0 Å². The third-order valence-electron chi connectivity index (χ3n) is 3.38. The number of hydrogen-bond donors (Lipinski definition) is 1. The van der Waals surface area contributed by atoms with E-state index in [2.05, 4.69) is 31.2 Å². The van der Waals surface area contributed by atoms with Crippen LogP contribution in [0, 0.1) is 6.92 Å². The van der Waals surface area contributed by atoms with Gasteiger partial charge in [-0.3, -0.25) is 10.1 Å². The minimum absolute atomic E-state index is 0.198. The maximum atomic E-state index is 5.99. The Balaban J connectivity index is 1.99. The Bertz CT molecular complexity index is 976. The molecular weight excluding hydrogens is 286 g/mol. The van der Waals surface area contributed by atoms with Crippen LogP contribution in [-0.2, 0) is 0 Å². The van der Waals surface area contributed by atoms with Crippen molar-refractivity contribution in [2.45, 2.75) is 6.92 Å². The summed E-state index contributed by atoms with van der Waals surface area (Å²) in [4.78, 5) is 13.0. The van der Waals surface area contributed by atoms with Gasteiger partial charge in [-0.2, -0.15) is 10.1 Å². The van der Waals surface area contributed by atoms with Gasteiger partial charge < -0.3 is 0 Å². The number of fused-ring (bicyclic) bond motifs is 2. The topological polar surface area (TPSA) is 67.3 Å². The van der Waals surface area contributed by atoms with Crippen LogP contribution in [0.4, 0.5) is 0 Å². The van der Waals surface area contributed by atoms with E-state index in [9.17, 15) is 0 Å². The molecule has 0 fully saturated rings. The van der Waals surface area contributed by atoms with Crippen molar-refractivity contribution in [3.05, 3.63) is 47.5 Å². The number of aryl methyl sites for hydroxylation is 1. The predicted molar refractivity (Wildman–Crippen MR) is 82.2 cm³/mol. The molecule has 0 radical (unpaired) electrons. The zero-order valence-electron chi connectivity index (χ0n) is 11.1. The Morgan fingerprint density at radius 3 is 2.86 bits per heavy atom. The number of aromatic amines is 1. The summed E-state index contributed by atoms with van der Waals surface area (Å²) in [6.07, 6.45) is 1.71. The van der Waals surface area contributed by atoms with Crippen molar-refractivity contribution >= 4 is 33.5 Å². The van der Waals surface area contributed by atoms with Gasteiger partial charge in [0.05, 0.1) is 22.8 Å². The molecule has 3 heterocycles. The number of nitrogens with one attached hydrogen (secondary N) is 1. The fourth-order valence-corrected chi connectivity index (χ4v) is 2.57. The van der Waals surface area contributed by atoms with Crippen LogP contribution in [0.15, 0.2) is 36.5 Å². The first-order valence-corrected chi connectivity index (χ1v) is 6.83. The normalized spacial score (nSPS) is 11.3. The Labute approximate surface area is 125 Å². The molecule has 5 nitrogen and oxygen atoms in total. The molecule has 3 aromatic heterocycles. The molecule has 0 aliphatic heterocycles. The van der Waals surface area contributed by atoms with Crippen molar-refractivity contribution < 1.29 is 0 Å². The number of halogens is 1. The van der Waals surface area contributed by atoms with Gasteiger partial charge in [0.1, 0.15) is 0 Å². The fourth-order valence-electron chi connectivity index (χ4n) is 2.40. The lowest BCUT2D eigenvalue weighted by Gasteiger charge is -2.05. The van der Waals surface area contributed by atoms with Crippen LogP contribution >= 0.6 is 11.6 Å². The molecule has 0 unspecified atom stereocenters. The molecule has 1 aromatic carbocycles. The molecule has 0 aliphatic carbocycles. The summed E-state index contributed by atoms with van der Waals surface area (Å²) < 4.78 is 0. The fraction of sp³-hybridized carbons (Fsp3) is 0.0667. The third-order valence-corrected chi connectivity index (χ3v) is 3.55. The van der Waals surface area contributed by atoms with Gasteiger partial charge >= 0.3 is 0 Å². The van der Waals surface area contributed by atoms with Gasteiger partial charge in [0, 0.05) is 16.6 Å². The van der Waals surface area contributed by atoms with Gasteiger partial charge in [-0.1, -0.05) is 12.1 Å². The third kappa shape index (κ3) is 2.02. The SMILES string of the molecule is Cc1ccc2cc(-c3nc(Cl)nc4[nH]ncc34)ccc2n1. The van der Waals surface area contributed by atoms with Crippen molar-refractivity contribution in [3.63, 3.8) is 0 Å². The van der Waals surface area contributed by atoms with Gasteiger partial charge in [-0.05, 0) is 36.7 Å². The van der Waals surface area contributed by atoms with Crippen LogP contribution in [0.25, 0.3) is 33.2 Å². The van der Waals surface area contributed by atoms with Gasteiger partial charge in [-0.25, -0.2) is 4.98 Å². The highest BCUT2D eigenvalue weighted by atomic mass is 35.5. The molecule has 21 heavy (non-hydrogen) atoms. The Morgan fingerprint density at radius 1 is 1.05 bits per heavy atom. The quantitative estimate of drug-likeness (QED) is 0.545. The van der Waals surface area contributed by atoms with E-state index < -0.39 is 0 Å². The molecule has 0 spiro atoms. The number of aromatic nitrogens is 5. The summed E-state index contributed by atoms with van der Waals surface area (Å²) in [5, 5.41) is 8.93. The second-order valence-corrected chi connectivity index (χ2v) is 5.17. The first kappa shape index (κ1) is 12.2. The van der Waals surface area contributed by atoms with E-state index in [0.29, 0.717) is 5.65 Å². The molecule has 4 rings (SSSR count). The number of rotatable bonds is 1. The maximum Gasteiger partial charge on any atom is 0.224 e. The number of hydrogen-bond acceptors (Lipinski definition) is 4. The van der Waals surface area contributed by atoms with Crippen molar-refractivity contribution in [2.75, 3.05) is 0 Å². The van der Waals surface area contributed by atoms with E-state index in [-0.39, 0.29) is 5.28 Å². The highest BCUT2D eigenvalue weighted by Crippen LogP contribution is 2.28. The molecule has 0 bridgehead atoms. The summed E-state index contributed by atoms with van der Waals surface area (Å²) in [5.74, 6) is 0. The molecule has 0 saturated carbocycles. The van der Waals surface area contributed by atoms with Crippen molar-refractivity contribution in [2.24, 2.45) is 0 Å². The van der Waals surface area contributed by atoms with Crippen LogP contribution in [0.2, 0.25) is 5.28 Å². The average Bonchev–Trinajstić information content (AvgIpc) is 2.94. The van der Waals surface area contributed by atoms with Crippen LogP contribution in [0.5, 0.6) is 0 Å². The lowest BCUT2D eigenvalue weighted by Crippen LogP contribution is -1.90. The van der Waals surface area contributed by atoms with Crippen LogP contribution < -0.4 is 0 Å². The van der Waals surface area contributed by atoms with E-state index in [4.69, 9.17) is 11.6 Å². The first-order valence-electron chi connectivity index (χ1n) is 6.45. The van der Waals surface area contributed by atoms with Gasteiger partial charge in [0.2, 0.25) is 5.28 Å². The van der Waals surface area contributed by atoms with Crippen LogP contribution in [0.1, 0.15) is 5.69 Å². The lowest BCUT2D eigenvalue weighted by molar-refractivity contribution is 1.09. The number of benzene rings is 1. The molecule has 0 atom stereocenters. The van der Waals surface area contributed by atoms with E-state index in [0.717, 1.165) is 33.2 Å². The van der Waals surface area contributed by atoms with Crippen molar-refractivity contribution in [3.8, 4) is 11.3 Å². The molecule has 102 valence electrons.